The van der Waals surface area contributed by atoms with E-state index in [0.717, 1.165) is 17.5 Å². The van der Waals surface area contributed by atoms with Gasteiger partial charge in [-0.1, -0.05) is 45.9 Å². The zero-order valence-corrected chi connectivity index (χ0v) is 13.8. The average Bonchev–Trinajstić information content (AvgIpc) is 2.49. The summed E-state index contributed by atoms with van der Waals surface area (Å²) < 4.78 is 19.7. The van der Waals surface area contributed by atoms with Crippen LogP contribution >= 0.6 is 0 Å². The quantitative estimate of drug-likeness (QED) is 0.767. The van der Waals surface area contributed by atoms with Crippen LogP contribution in [0.3, 0.4) is 0 Å². The molecule has 1 heterocycles. The molecule has 0 aliphatic rings. The molecule has 2 aromatic rings. The first-order chi connectivity index (χ1) is 10.4. The van der Waals surface area contributed by atoms with E-state index in [0.29, 0.717) is 6.61 Å². The van der Waals surface area contributed by atoms with Gasteiger partial charge in [0.25, 0.3) is 0 Å². The Bertz CT molecular complexity index is 589. The lowest BCUT2D eigenvalue weighted by Gasteiger charge is -2.44. The van der Waals surface area contributed by atoms with Crippen LogP contribution in [0.25, 0.3) is 0 Å². The molecular formula is C19H24FNO. The van der Waals surface area contributed by atoms with Gasteiger partial charge < -0.3 is 4.74 Å². The Balaban J connectivity index is 2.35. The molecule has 0 aliphatic heterocycles. The van der Waals surface area contributed by atoms with E-state index in [1.165, 1.54) is 12.1 Å². The first kappa shape index (κ1) is 16.6. The van der Waals surface area contributed by atoms with Gasteiger partial charge in [-0.2, -0.15) is 0 Å². The summed E-state index contributed by atoms with van der Waals surface area (Å²) in [5.74, 6) is -0.227. The third kappa shape index (κ3) is 3.36. The maximum Gasteiger partial charge on any atom is 0.123 e. The molecule has 1 aromatic heterocycles. The first-order valence-electron chi connectivity index (χ1n) is 7.68. The molecule has 1 atom stereocenters. The third-order valence-electron chi connectivity index (χ3n) is 4.23. The monoisotopic (exact) mass is 301 g/mol. The van der Waals surface area contributed by atoms with Crippen LogP contribution in [0.5, 0.6) is 0 Å². The van der Waals surface area contributed by atoms with Gasteiger partial charge in [-0.3, -0.25) is 4.98 Å². The van der Waals surface area contributed by atoms with Crippen molar-refractivity contribution in [3.05, 3.63) is 65.7 Å². The number of rotatable bonds is 5. The number of halogens is 1. The molecule has 1 aromatic carbocycles. The van der Waals surface area contributed by atoms with Crippen molar-refractivity contribution in [2.75, 3.05) is 0 Å². The maximum absolute atomic E-state index is 13.3. The van der Waals surface area contributed by atoms with Crippen LogP contribution in [0.4, 0.5) is 4.39 Å². The van der Waals surface area contributed by atoms with Crippen molar-refractivity contribution in [2.45, 2.75) is 46.3 Å². The molecule has 0 radical (unpaired) electrons. The third-order valence-corrected chi connectivity index (χ3v) is 4.23. The highest BCUT2D eigenvalue weighted by Gasteiger charge is 2.43. The topological polar surface area (TPSA) is 22.1 Å². The van der Waals surface area contributed by atoms with Crippen molar-refractivity contribution in [2.24, 2.45) is 5.41 Å². The normalized spacial score (nSPS) is 14.6. The molecule has 118 valence electrons. The Morgan fingerprint density at radius 3 is 2.27 bits per heavy atom. The second-order valence-electron chi connectivity index (χ2n) is 6.59. The Morgan fingerprint density at radius 1 is 1.09 bits per heavy atom. The highest BCUT2D eigenvalue weighted by atomic mass is 19.1. The van der Waals surface area contributed by atoms with E-state index in [-0.39, 0.29) is 11.2 Å². The predicted molar refractivity (Wildman–Crippen MR) is 86.9 cm³/mol. The summed E-state index contributed by atoms with van der Waals surface area (Å²) in [5, 5.41) is 0. The maximum atomic E-state index is 13.3. The van der Waals surface area contributed by atoms with Gasteiger partial charge in [0.1, 0.15) is 5.82 Å². The minimum atomic E-state index is -0.476. The molecule has 0 amide bonds. The lowest BCUT2D eigenvalue weighted by Crippen LogP contribution is -2.42. The predicted octanol–water partition coefficient (Wildman–Crippen LogP) is 5.09. The molecule has 0 saturated carbocycles. The van der Waals surface area contributed by atoms with Crippen LogP contribution in [0.1, 0.15) is 45.2 Å². The van der Waals surface area contributed by atoms with Crippen molar-refractivity contribution < 1.29 is 9.13 Å². The Kier molecular flexibility index (Phi) is 4.97. The standard InChI is InChI=1S/C19H24FNO/c1-5-19(18(2,3)4,16-8-10-17(20)11-9-16)22-14-15-7-6-12-21-13-15/h6-13H,5,14H2,1-4H3. The number of ether oxygens (including phenoxy) is 1. The lowest BCUT2D eigenvalue weighted by atomic mass is 9.70. The van der Waals surface area contributed by atoms with Crippen LogP contribution < -0.4 is 0 Å². The summed E-state index contributed by atoms with van der Waals surface area (Å²) in [4.78, 5) is 4.13. The molecule has 2 rings (SSSR count). The SMILES string of the molecule is CCC(OCc1cccnc1)(c1ccc(F)cc1)C(C)(C)C. The van der Waals surface area contributed by atoms with Gasteiger partial charge in [-0.25, -0.2) is 4.39 Å². The number of hydrogen-bond acceptors (Lipinski definition) is 2. The van der Waals surface area contributed by atoms with Crippen molar-refractivity contribution >= 4 is 0 Å². The fraction of sp³-hybridized carbons (Fsp3) is 0.421. The van der Waals surface area contributed by atoms with E-state index in [1.807, 2.05) is 30.5 Å². The largest absolute Gasteiger partial charge is 0.365 e. The molecule has 22 heavy (non-hydrogen) atoms. The van der Waals surface area contributed by atoms with E-state index in [4.69, 9.17) is 4.74 Å². The summed E-state index contributed by atoms with van der Waals surface area (Å²) in [7, 11) is 0. The number of benzene rings is 1. The van der Waals surface area contributed by atoms with Crippen molar-refractivity contribution in [3.8, 4) is 0 Å². The van der Waals surface area contributed by atoms with E-state index in [1.54, 1.807) is 6.20 Å². The Morgan fingerprint density at radius 2 is 1.77 bits per heavy atom. The van der Waals surface area contributed by atoms with Crippen LogP contribution in [-0.4, -0.2) is 4.98 Å². The zero-order valence-electron chi connectivity index (χ0n) is 13.8. The molecule has 2 nitrogen and oxygen atoms in total. The van der Waals surface area contributed by atoms with Gasteiger partial charge >= 0.3 is 0 Å². The summed E-state index contributed by atoms with van der Waals surface area (Å²) >= 11 is 0. The molecule has 0 N–H and O–H groups in total. The van der Waals surface area contributed by atoms with Gasteiger partial charge in [0.15, 0.2) is 0 Å². The van der Waals surface area contributed by atoms with Gasteiger partial charge in [-0.15, -0.1) is 0 Å². The summed E-state index contributed by atoms with van der Waals surface area (Å²) in [6.07, 6.45) is 4.37. The lowest BCUT2D eigenvalue weighted by molar-refractivity contribution is -0.136. The number of hydrogen-bond donors (Lipinski definition) is 0. The second-order valence-corrected chi connectivity index (χ2v) is 6.59. The van der Waals surface area contributed by atoms with E-state index in [9.17, 15) is 4.39 Å². The highest BCUT2D eigenvalue weighted by molar-refractivity contribution is 5.26. The van der Waals surface area contributed by atoms with Gasteiger partial charge in [0.05, 0.1) is 12.2 Å². The van der Waals surface area contributed by atoms with Crippen LogP contribution in [0, 0.1) is 11.2 Å². The van der Waals surface area contributed by atoms with Crippen LogP contribution in [0.2, 0.25) is 0 Å². The number of pyridine rings is 1. The molecule has 1 unspecified atom stereocenters. The molecule has 0 aliphatic carbocycles. The average molecular weight is 301 g/mol. The first-order valence-corrected chi connectivity index (χ1v) is 7.68. The van der Waals surface area contributed by atoms with E-state index in [2.05, 4.69) is 32.7 Å². The molecule has 0 saturated heterocycles. The molecule has 0 fully saturated rings. The van der Waals surface area contributed by atoms with Crippen molar-refractivity contribution in [3.63, 3.8) is 0 Å². The minimum Gasteiger partial charge on any atom is -0.365 e. The summed E-state index contributed by atoms with van der Waals surface area (Å²) in [5.41, 5.74) is 1.44. The fourth-order valence-corrected chi connectivity index (χ4v) is 2.98. The number of aromatic nitrogens is 1. The van der Waals surface area contributed by atoms with E-state index < -0.39 is 5.60 Å². The zero-order chi connectivity index (χ0) is 16.2. The minimum absolute atomic E-state index is 0.123. The van der Waals surface area contributed by atoms with Crippen molar-refractivity contribution in [1.29, 1.82) is 0 Å². The summed E-state index contributed by atoms with van der Waals surface area (Å²) in [6.45, 7) is 9.06. The van der Waals surface area contributed by atoms with Gasteiger partial charge in [0.2, 0.25) is 0 Å². The smallest absolute Gasteiger partial charge is 0.123 e. The molecule has 0 bridgehead atoms. The van der Waals surface area contributed by atoms with Crippen molar-refractivity contribution in [1.82, 2.24) is 4.98 Å². The Hall–Kier alpha value is -1.74. The van der Waals surface area contributed by atoms with Crippen LogP contribution in [0.15, 0.2) is 48.8 Å². The summed E-state index contributed by atoms with van der Waals surface area (Å²) in [6, 6.07) is 10.6. The van der Waals surface area contributed by atoms with E-state index >= 15 is 0 Å². The number of nitrogens with zero attached hydrogens (tertiary/aromatic N) is 1. The van der Waals surface area contributed by atoms with Gasteiger partial charge in [0, 0.05) is 12.4 Å². The second kappa shape index (κ2) is 6.57. The van der Waals surface area contributed by atoms with Gasteiger partial charge in [-0.05, 0) is 41.2 Å². The molecule has 0 spiro atoms. The molecular weight excluding hydrogens is 277 g/mol. The van der Waals surface area contributed by atoms with Crippen LogP contribution in [-0.2, 0) is 16.9 Å². The molecule has 3 heteroatoms. The highest BCUT2D eigenvalue weighted by Crippen LogP contribution is 2.45. The Labute approximate surface area is 132 Å². The fourth-order valence-electron chi connectivity index (χ4n) is 2.98.